The molecular formula is C11H18BrNO2. The van der Waals surface area contributed by atoms with Crippen LogP contribution in [0.1, 0.15) is 40.0 Å². The zero-order chi connectivity index (χ0) is 11.6. The summed E-state index contributed by atoms with van der Waals surface area (Å²) in [6.45, 7) is 6.25. The van der Waals surface area contributed by atoms with Crippen molar-refractivity contribution in [2.75, 3.05) is 6.54 Å². The van der Waals surface area contributed by atoms with Crippen molar-refractivity contribution >= 4 is 27.7 Å². The molecule has 1 aliphatic heterocycles. The Bertz CT molecular complexity index is 270. The molecule has 0 saturated carbocycles. The predicted molar refractivity (Wildman–Crippen MR) is 62.7 cm³/mol. The summed E-state index contributed by atoms with van der Waals surface area (Å²) in [5, 5.41) is 0. The summed E-state index contributed by atoms with van der Waals surface area (Å²) in [5.74, 6) is 0.221. The maximum atomic E-state index is 11.9. The topological polar surface area (TPSA) is 37.4 Å². The van der Waals surface area contributed by atoms with Crippen LogP contribution in [-0.2, 0) is 9.59 Å². The van der Waals surface area contributed by atoms with Gasteiger partial charge in [-0.25, -0.2) is 0 Å². The first kappa shape index (κ1) is 12.7. The molecule has 0 radical (unpaired) electrons. The third-order valence-electron chi connectivity index (χ3n) is 2.66. The molecule has 1 fully saturated rings. The molecule has 0 aromatic rings. The minimum absolute atomic E-state index is 0.0222. The van der Waals surface area contributed by atoms with Gasteiger partial charge in [0.1, 0.15) is 0 Å². The lowest BCUT2D eigenvalue weighted by atomic mass is 10.0. The second-order valence-electron chi connectivity index (χ2n) is 4.64. The fourth-order valence-corrected chi connectivity index (χ4v) is 2.11. The van der Waals surface area contributed by atoms with Crippen molar-refractivity contribution in [1.29, 1.82) is 0 Å². The molecule has 0 bridgehead atoms. The second-order valence-corrected chi connectivity index (χ2v) is 6.62. The molecule has 1 aliphatic rings. The maximum absolute atomic E-state index is 11.9. The van der Waals surface area contributed by atoms with Crippen LogP contribution in [0.25, 0.3) is 0 Å². The Morgan fingerprint density at radius 3 is 2.67 bits per heavy atom. The summed E-state index contributed by atoms with van der Waals surface area (Å²) >= 11 is 3.30. The number of carbonyl (C=O) groups excluding carboxylic acids is 2. The van der Waals surface area contributed by atoms with Crippen LogP contribution in [0, 0.1) is 5.92 Å². The van der Waals surface area contributed by atoms with Crippen LogP contribution in [0.4, 0.5) is 0 Å². The minimum Gasteiger partial charge on any atom is -0.281 e. The highest BCUT2D eigenvalue weighted by atomic mass is 79.9. The van der Waals surface area contributed by atoms with Gasteiger partial charge in [-0.05, 0) is 26.2 Å². The van der Waals surface area contributed by atoms with Gasteiger partial charge in [-0.1, -0.05) is 29.3 Å². The monoisotopic (exact) mass is 275 g/mol. The Labute approximate surface area is 99.3 Å². The number of nitrogens with zero attached hydrogens (tertiary/aromatic N) is 1. The first-order chi connectivity index (χ1) is 6.86. The normalized spacial score (nSPS) is 22.3. The van der Waals surface area contributed by atoms with E-state index < -0.39 is 4.32 Å². The van der Waals surface area contributed by atoms with E-state index in [2.05, 4.69) is 22.9 Å². The molecule has 86 valence electrons. The molecule has 0 N–H and O–H groups in total. The Balaban J connectivity index is 2.65. The molecule has 2 amide bonds. The lowest BCUT2D eigenvalue weighted by Crippen LogP contribution is -2.42. The van der Waals surface area contributed by atoms with E-state index in [1.54, 1.807) is 13.8 Å². The third-order valence-corrected chi connectivity index (χ3v) is 2.99. The first-order valence-electron chi connectivity index (χ1n) is 5.40. The quantitative estimate of drug-likeness (QED) is 0.742. The molecule has 0 spiro atoms. The summed E-state index contributed by atoms with van der Waals surface area (Å²) in [6.07, 6.45) is 2.62. The number of amides is 2. The van der Waals surface area contributed by atoms with Crippen LogP contribution < -0.4 is 0 Å². The fraction of sp³-hybridized carbons (Fsp3) is 0.818. The molecule has 1 atom stereocenters. The Morgan fingerprint density at radius 1 is 1.60 bits per heavy atom. The molecule has 0 aliphatic carbocycles. The van der Waals surface area contributed by atoms with Crippen molar-refractivity contribution in [1.82, 2.24) is 4.90 Å². The lowest BCUT2D eigenvalue weighted by Gasteiger charge is -2.22. The van der Waals surface area contributed by atoms with Gasteiger partial charge in [-0.2, -0.15) is 0 Å². The van der Waals surface area contributed by atoms with Crippen molar-refractivity contribution in [3.8, 4) is 0 Å². The molecule has 1 saturated heterocycles. The Kier molecular flexibility index (Phi) is 3.93. The molecule has 1 rings (SSSR count). The van der Waals surface area contributed by atoms with E-state index in [4.69, 9.17) is 0 Å². The summed E-state index contributed by atoms with van der Waals surface area (Å²) in [4.78, 5) is 24.9. The van der Waals surface area contributed by atoms with Crippen molar-refractivity contribution in [3.63, 3.8) is 0 Å². The van der Waals surface area contributed by atoms with Gasteiger partial charge in [0.25, 0.3) is 0 Å². The van der Waals surface area contributed by atoms with Crippen LogP contribution in [-0.4, -0.2) is 27.6 Å². The van der Waals surface area contributed by atoms with E-state index in [-0.39, 0.29) is 11.8 Å². The fourth-order valence-electron chi connectivity index (χ4n) is 1.90. The van der Waals surface area contributed by atoms with Gasteiger partial charge < -0.3 is 0 Å². The summed E-state index contributed by atoms with van der Waals surface area (Å²) < 4.78 is -0.635. The van der Waals surface area contributed by atoms with Crippen molar-refractivity contribution in [2.45, 2.75) is 44.4 Å². The number of alkyl halides is 1. The first-order valence-corrected chi connectivity index (χ1v) is 6.19. The zero-order valence-corrected chi connectivity index (χ0v) is 11.1. The molecule has 1 unspecified atom stereocenters. The van der Waals surface area contributed by atoms with Crippen LogP contribution in [0.2, 0.25) is 0 Å². The number of carbonyl (C=O) groups is 2. The third kappa shape index (κ3) is 3.03. The molecular weight excluding hydrogens is 258 g/mol. The van der Waals surface area contributed by atoms with Crippen LogP contribution in [0.3, 0.4) is 0 Å². The van der Waals surface area contributed by atoms with Crippen molar-refractivity contribution in [2.24, 2.45) is 5.92 Å². The van der Waals surface area contributed by atoms with Gasteiger partial charge in [0.15, 0.2) is 0 Å². The molecule has 0 aromatic carbocycles. The van der Waals surface area contributed by atoms with E-state index in [0.717, 1.165) is 12.8 Å². The second kappa shape index (κ2) is 4.64. The van der Waals surface area contributed by atoms with E-state index in [9.17, 15) is 9.59 Å². The van der Waals surface area contributed by atoms with Crippen LogP contribution in [0.5, 0.6) is 0 Å². The highest BCUT2D eigenvalue weighted by Gasteiger charge is 2.38. The maximum Gasteiger partial charge on any atom is 0.245 e. The smallest absolute Gasteiger partial charge is 0.245 e. The number of halogens is 1. The number of rotatable bonds is 3. The van der Waals surface area contributed by atoms with E-state index in [0.29, 0.717) is 18.9 Å². The largest absolute Gasteiger partial charge is 0.281 e. The Morgan fingerprint density at radius 2 is 2.20 bits per heavy atom. The zero-order valence-electron chi connectivity index (χ0n) is 9.55. The minimum atomic E-state index is -0.635. The van der Waals surface area contributed by atoms with E-state index >= 15 is 0 Å². The van der Waals surface area contributed by atoms with Gasteiger partial charge in [0, 0.05) is 13.0 Å². The number of likely N-dealkylation sites (tertiary alicyclic amines) is 1. The van der Waals surface area contributed by atoms with Gasteiger partial charge >= 0.3 is 0 Å². The molecule has 0 aromatic heterocycles. The van der Waals surface area contributed by atoms with Crippen molar-refractivity contribution < 1.29 is 9.59 Å². The SMILES string of the molecule is CCCC1CC(=O)N(C(=O)C(C)(C)Br)C1. The lowest BCUT2D eigenvalue weighted by molar-refractivity contribution is -0.142. The highest BCUT2D eigenvalue weighted by Crippen LogP contribution is 2.27. The van der Waals surface area contributed by atoms with Crippen molar-refractivity contribution in [3.05, 3.63) is 0 Å². The number of imide groups is 1. The molecule has 4 heteroatoms. The van der Waals surface area contributed by atoms with Gasteiger partial charge in [0.2, 0.25) is 11.8 Å². The molecule has 15 heavy (non-hydrogen) atoms. The summed E-state index contributed by atoms with van der Waals surface area (Å²) in [6, 6.07) is 0. The summed E-state index contributed by atoms with van der Waals surface area (Å²) in [5.41, 5.74) is 0. The van der Waals surface area contributed by atoms with Gasteiger partial charge in [0.05, 0.1) is 4.32 Å². The van der Waals surface area contributed by atoms with Gasteiger partial charge in [-0.3, -0.25) is 14.5 Å². The summed E-state index contributed by atoms with van der Waals surface area (Å²) in [7, 11) is 0. The average molecular weight is 276 g/mol. The van der Waals surface area contributed by atoms with Gasteiger partial charge in [-0.15, -0.1) is 0 Å². The number of hydrogen-bond acceptors (Lipinski definition) is 2. The van der Waals surface area contributed by atoms with E-state index in [1.165, 1.54) is 4.90 Å². The van der Waals surface area contributed by atoms with Crippen LogP contribution >= 0.6 is 15.9 Å². The molecule has 1 heterocycles. The number of hydrogen-bond donors (Lipinski definition) is 0. The van der Waals surface area contributed by atoms with E-state index in [1.807, 2.05) is 0 Å². The highest BCUT2D eigenvalue weighted by molar-refractivity contribution is 9.10. The standard InChI is InChI=1S/C11H18BrNO2/c1-4-5-8-6-9(14)13(7-8)10(15)11(2,3)12/h8H,4-7H2,1-3H3. The molecule has 3 nitrogen and oxygen atoms in total. The predicted octanol–water partition coefficient (Wildman–Crippen LogP) is 2.34. The average Bonchev–Trinajstić information content (AvgIpc) is 2.44. The van der Waals surface area contributed by atoms with Crippen LogP contribution in [0.15, 0.2) is 0 Å². The Hall–Kier alpha value is -0.380.